The number of sulfonamides is 1. The molecule has 1 heterocycles. The van der Waals surface area contributed by atoms with Crippen molar-refractivity contribution < 1.29 is 27.8 Å². The Bertz CT molecular complexity index is 1510. The van der Waals surface area contributed by atoms with Gasteiger partial charge in [0.15, 0.2) is 0 Å². The molecule has 0 fully saturated rings. The minimum Gasteiger partial charge on any atom is -0.497 e. The number of aliphatic carboxylic acids is 1. The molecule has 42 heavy (non-hydrogen) atoms. The summed E-state index contributed by atoms with van der Waals surface area (Å²) in [7, 11) is -2.48. The van der Waals surface area contributed by atoms with E-state index < -0.39 is 21.5 Å². The molecule has 3 aromatic carbocycles. The average molecular weight is 611 g/mol. The van der Waals surface area contributed by atoms with Gasteiger partial charge in [-0.15, -0.1) is 11.8 Å². The van der Waals surface area contributed by atoms with Gasteiger partial charge in [0, 0.05) is 24.8 Å². The number of carbonyl (C=O) groups is 1. The van der Waals surface area contributed by atoms with Crippen LogP contribution in [-0.4, -0.2) is 49.2 Å². The Kier molecular flexibility index (Phi) is 10.2. The number of thioether (sulfide) groups is 1. The van der Waals surface area contributed by atoms with E-state index >= 15 is 0 Å². The van der Waals surface area contributed by atoms with Crippen LogP contribution in [0.3, 0.4) is 0 Å². The zero-order valence-corrected chi connectivity index (χ0v) is 26.1. The van der Waals surface area contributed by atoms with Crippen molar-refractivity contribution >= 4 is 39.1 Å². The van der Waals surface area contributed by atoms with Crippen LogP contribution in [0.2, 0.25) is 0 Å². The summed E-state index contributed by atoms with van der Waals surface area (Å²) in [6, 6.07) is 20.7. The largest absolute Gasteiger partial charge is 0.497 e. The predicted octanol–water partition coefficient (Wildman–Crippen LogP) is 7.08. The molecule has 3 aromatic rings. The first kappa shape index (κ1) is 31.5. The zero-order valence-electron chi connectivity index (χ0n) is 24.4. The van der Waals surface area contributed by atoms with Crippen LogP contribution in [0, 0.1) is 0 Å². The summed E-state index contributed by atoms with van der Waals surface area (Å²) in [5.41, 5.74) is 1.59. The highest BCUT2D eigenvalue weighted by Crippen LogP contribution is 2.47. The molecule has 1 aliphatic heterocycles. The van der Waals surface area contributed by atoms with Gasteiger partial charge < -0.3 is 19.5 Å². The highest BCUT2D eigenvalue weighted by atomic mass is 32.2. The van der Waals surface area contributed by atoms with Crippen molar-refractivity contribution in [3.63, 3.8) is 0 Å². The lowest BCUT2D eigenvalue weighted by atomic mass is 9.88. The molecule has 0 radical (unpaired) electrons. The Hall–Kier alpha value is -3.47. The summed E-state index contributed by atoms with van der Waals surface area (Å²) in [6.45, 7) is 4.82. The van der Waals surface area contributed by atoms with Crippen LogP contribution in [0.25, 0.3) is 0 Å². The number of nitrogens with zero attached hydrogens (tertiary/aromatic N) is 2. The molecule has 0 aliphatic carbocycles. The second kappa shape index (κ2) is 13.7. The highest BCUT2D eigenvalue weighted by molar-refractivity contribution is 7.98. The summed E-state index contributed by atoms with van der Waals surface area (Å²) in [4.78, 5) is 14.0. The van der Waals surface area contributed by atoms with Crippen molar-refractivity contribution in [1.82, 2.24) is 4.31 Å². The summed E-state index contributed by atoms with van der Waals surface area (Å²) in [6.07, 6.45) is 6.92. The Morgan fingerprint density at radius 1 is 1.10 bits per heavy atom. The first-order valence-corrected chi connectivity index (χ1v) is 16.6. The van der Waals surface area contributed by atoms with Crippen LogP contribution in [0.5, 0.6) is 11.5 Å². The molecule has 0 saturated carbocycles. The van der Waals surface area contributed by atoms with Crippen molar-refractivity contribution in [3.8, 4) is 11.5 Å². The Morgan fingerprint density at radius 3 is 2.40 bits per heavy atom. The number of carboxylic acids is 1. The summed E-state index contributed by atoms with van der Waals surface area (Å²) < 4.78 is 42.5. The van der Waals surface area contributed by atoms with E-state index in [1.165, 1.54) is 17.8 Å². The molecule has 0 aromatic heterocycles. The molecule has 1 atom stereocenters. The van der Waals surface area contributed by atoms with Crippen molar-refractivity contribution in [2.45, 2.75) is 61.4 Å². The van der Waals surface area contributed by atoms with Crippen LogP contribution >= 0.6 is 11.8 Å². The van der Waals surface area contributed by atoms with E-state index in [1.54, 1.807) is 11.4 Å². The number of benzene rings is 3. The first-order valence-electron chi connectivity index (χ1n) is 14.0. The molecule has 0 spiro atoms. The number of hydrogen-bond donors (Lipinski definition) is 1. The third-order valence-electron chi connectivity index (χ3n) is 7.70. The number of anilines is 2. The molecular formula is C32H38N2O6S2. The smallest absolute Gasteiger partial charge is 0.331 e. The number of ether oxygens (including phenoxy) is 2. The van der Waals surface area contributed by atoms with E-state index in [0.29, 0.717) is 35.7 Å². The minimum atomic E-state index is -4.08. The van der Waals surface area contributed by atoms with Gasteiger partial charge in [-0.05, 0) is 55.0 Å². The fourth-order valence-corrected chi connectivity index (χ4v) is 7.93. The maximum Gasteiger partial charge on any atom is 0.331 e. The lowest BCUT2D eigenvalue weighted by Gasteiger charge is -2.43. The van der Waals surface area contributed by atoms with Gasteiger partial charge in [-0.3, -0.25) is 0 Å². The normalized spacial score (nSPS) is 18.4. The first-order chi connectivity index (χ1) is 20.2. The second-order valence-corrected chi connectivity index (χ2v) is 12.9. The van der Waals surface area contributed by atoms with Crippen molar-refractivity contribution in [2.24, 2.45) is 0 Å². The lowest BCUT2D eigenvalue weighted by Crippen LogP contribution is -2.54. The minimum absolute atomic E-state index is 0.114. The van der Waals surface area contributed by atoms with Gasteiger partial charge in [0.05, 0.1) is 35.6 Å². The Morgan fingerprint density at radius 2 is 1.81 bits per heavy atom. The quantitative estimate of drug-likeness (QED) is 0.132. The van der Waals surface area contributed by atoms with E-state index in [2.05, 4.69) is 18.7 Å². The number of hydrogen-bond acceptors (Lipinski definition) is 7. The monoisotopic (exact) mass is 610 g/mol. The topological polar surface area (TPSA) is 96.4 Å². The third-order valence-corrected chi connectivity index (χ3v) is 10.4. The van der Waals surface area contributed by atoms with Gasteiger partial charge >= 0.3 is 5.97 Å². The standard InChI is InChI=1S/C32H38N2O6S2/c1-5-7-18-32(6-2)23-33(25-11-9-8-10-12-25)27-20-29(41-4)28(40-19-17-31(35)36)21-30(27)42(37,38)34(32)22-24-13-15-26(39-3)16-14-24/h8-17,19-21H,5-7,18,22-23H2,1-4H3,(H,35,36)/b19-17+. The van der Waals surface area contributed by atoms with E-state index in [0.717, 1.165) is 36.4 Å². The number of para-hydroxylation sites is 1. The predicted molar refractivity (Wildman–Crippen MR) is 167 cm³/mol. The molecular weight excluding hydrogens is 572 g/mol. The SMILES string of the molecule is CCCCC1(CC)CN(c2ccccc2)c2cc(SC)c(O/C=C/C(=O)O)cc2S(=O)(=O)N1Cc1ccc(OC)cc1. The van der Waals surface area contributed by atoms with Gasteiger partial charge in [-0.1, -0.05) is 57.0 Å². The summed E-state index contributed by atoms with van der Waals surface area (Å²) in [5.74, 6) is -0.184. The zero-order chi connectivity index (χ0) is 30.3. The molecule has 8 nitrogen and oxygen atoms in total. The number of carboxylic acid groups (broad SMARTS) is 1. The molecule has 1 N–H and O–H groups in total. The lowest BCUT2D eigenvalue weighted by molar-refractivity contribution is -0.131. The maximum atomic E-state index is 14.9. The van der Waals surface area contributed by atoms with E-state index in [4.69, 9.17) is 14.6 Å². The Balaban J connectivity index is 1.99. The summed E-state index contributed by atoms with van der Waals surface area (Å²) >= 11 is 1.40. The van der Waals surface area contributed by atoms with E-state index in [1.807, 2.05) is 66.9 Å². The van der Waals surface area contributed by atoms with E-state index in [9.17, 15) is 13.2 Å². The fourth-order valence-electron chi connectivity index (χ4n) is 5.36. The molecule has 10 heteroatoms. The van der Waals surface area contributed by atoms with Gasteiger partial charge in [0.2, 0.25) is 10.0 Å². The van der Waals surface area contributed by atoms with Gasteiger partial charge in [0.1, 0.15) is 16.4 Å². The second-order valence-electron chi connectivity index (χ2n) is 10.2. The third kappa shape index (κ3) is 6.61. The molecule has 0 bridgehead atoms. The molecule has 224 valence electrons. The number of methoxy groups -OCH3 is 1. The number of unbranched alkanes of at least 4 members (excludes halogenated alkanes) is 1. The van der Waals surface area contributed by atoms with Crippen LogP contribution in [-0.2, 0) is 21.4 Å². The highest BCUT2D eigenvalue weighted by Gasteiger charge is 2.48. The molecule has 0 amide bonds. The number of fused-ring (bicyclic) bond motifs is 1. The van der Waals surface area contributed by atoms with Crippen molar-refractivity contribution in [3.05, 3.63) is 84.6 Å². The van der Waals surface area contributed by atoms with Crippen LogP contribution in [0.15, 0.2) is 88.9 Å². The average Bonchev–Trinajstić information content (AvgIpc) is 3.07. The van der Waals surface area contributed by atoms with Gasteiger partial charge in [0.25, 0.3) is 0 Å². The molecule has 1 unspecified atom stereocenters. The van der Waals surface area contributed by atoms with E-state index in [-0.39, 0.29) is 17.2 Å². The molecule has 4 rings (SSSR count). The molecule has 1 aliphatic rings. The number of rotatable bonds is 12. The van der Waals surface area contributed by atoms with Gasteiger partial charge in [-0.25, -0.2) is 13.2 Å². The van der Waals surface area contributed by atoms with Gasteiger partial charge in [-0.2, -0.15) is 4.31 Å². The van der Waals surface area contributed by atoms with Crippen molar-refractivity contribution in [1.29, 1.82) is 0 Å². The van der Waals surface area contributed by atoms with Crippen molar-refractivity contribution in [2.75, 3.05) is 24.8 Å². The summed E-state index contributed by atoms with van der Waals surface area (Å²) in [5, 5.41) is 9.07. The van der Waals surface area contributed by atoms with Crippen LogP contribution in [0.4, 0.5) is 11.4 Å². The molecule has 0 saturated heterocycles. The van der Waals surface area contributed by atoms with Crippen LogP contribution < -0.4 is 14.4 Å². The Labute approximate surface area is 253 Å². The maximum absolute atomic E-state index is 14.9. The fraction of sp³-hybridized carbons (Fsp3) is 0.344. The van der Waals surface area contributed by atoms with Crippen LogP contribution in [0.1, 0.15) is 45.1 Å².